The van der Waals surface area contributed by atoms with Crippen molar-refractivity contribution in [3.8, 4) is 11.5 Å². The van der Waals surface area contributed by atoms with Gasteiger partial charge in [-0.3, -0.25) is 4.79 Å². The number of hydrogen-bond acceptors (Lipinski definition) is 5. The monoisotopic (exact) mass is 344 g/mol. The van der Waals surface area contributed by atoms with Crippen molar-refractivity contribution in [1.82, 2.24) is 0 Å². The first-order valence-corrected chi connectivity index (χ1v) is 8.51. The molecular weight excluding hydrogens is 320 g/mol. The summed E-state index contributed by atoms with van der Waals surface area (Å²) in [5.74, 6) is -0.142. The molecule has 0 aromatic heterocycles. The van der Waals surface area contributed by atoms with E-state index in [-0.39, 0.29) is 6.61 Å². The number of carbonyl (C=O) groups excluding carboxylic acids is 2. The van der Waals surface area contributed by atoms with Crippen LogP contribution in [-0.4, -0.2) is 25.7 Å². The Morgan fingerprint density at radius 3 is 2.44 bits per heavy atom. The third-order valence-electron chi connectivity index (χ3n) is 3.94. The van der Waals surface area contributed by atoms with Crippen LogP contribution in [0.2, 0.25) is 0 Å². The molecule has 0 spiro atoms. The summed E-state index contributed by atoms with van der Waals surface area (Å²) in [4.78, 5) is 23.7. The van der Waals surface area contributed by atoms with Crippen LogP contribution in [0.1, 0.15) is 49.5 Å². The van der Waals surface area contributed by atoms with Gasteiger partial charge in [0.25, 0.3) is 0 Å². The van der Waals surface area contributed by atoms with Crippen LogP contribution in [0.4, 0.5) is 0 Å². The smallest absolute Gasteiger partial charge is 0.341 e. The SMILES string of the molecule is CCCCc1ccc(OC(C)=O)c2c(OC)c(C(=O)OCC)ccc12. The Labute approximate surface area is 147 Å². The highest BCUT2D eigenvalue weighted by Gasteiger charge is 2.21. The van der Waals surface area contributed by atoms with Crippen LogP contribution >= 0.6 is 0 Å². The second-order valence-electron chi connectivity index (χ2n) is 5.71. The van der Waals surface area contributed by atoms with Crippen molar-refractivity contribution in [2.75, 3.05) is 13.7 Å². The van der Waals surface area contributed by atoms with Crippen molar-refractivity contribution < 1.29 is 23.8 Å². The molecule has 2 aromatic rings. The van der Waals surface area contributed by atoms with Gasteiger partial charge in [-0.05, 0) is 42.8 Å². The first-order valence-electron chi connectivity index (χ1n) is 8.51. The van der Waals surface area contributed by atoms with E-state index in [0.29, 0.717) is 22.4 Å². The van der Waals surface area contributed by atoms with Gasteiger partial charge in [0.1, 0.15) is 17.1 Å². The Balaban J connectivity index is 2.73. The molecule has 0 aliphatic heterocycles. The molecule has 0 radical (unpaired) electrons. The summed E-state index contributed by atoms with van der Waals surface area (Å²) in [6.07, 6.45) is 3.02. The van der Waals surface area contributed by atoms with Crippen LogP contribution in [-0.2, 0) is 16.0 Å². The molecule has 0 N–H and O–H groups in total. The first kappa shape index (κ1) is 18.8. The number of methoxy groups -OCH3 is 1. The summed E-state index contributed by atoms with van der Waals surface area (Å²) in [6.45, 7) is 5.50. The third kappa shape index (κ3) is 4.10. The zero-order chi connectivity index (χ0) is 18.4. The van der Waals surface area contributed by atoms with E-state index < -0.39 is 11.9 Å². The maximum Gasteiger partial charge on any atom is 0.341 e. The van der Waals surface area contributed by atoms with Crippen LogP contribution < -0.4 is 9.47 Å². The quantitative estimate of drug-likeness (QED) is 0.554. The molecule has 0 fully saturated rings. The summed E-state index contributed by atoms with van der Waals surface area (Å²) < 4.78 is 16.0. The van der Waals surface area contributed by atoms with Gasteiger partial charge in [-0.1, -0.05) is 25.5 Å². The van der Waals surface area contributed by atoms with E-state index in [4.69, 9.17) is 14.2 Å². The Morgan fingerprint density at radius 2 is 1.84 bits per heavy atom. The summed E-state index contributed by atoms with van der Waals surface area (Å²) in [5, 5.41) is 1.54. The molecular formula is C20H24O5. The van der Waals surface area contributed by atoms with Gasteiger partial charge >= 0.3 is 11.9 Å². The predicted octanol–water partition coefficient (Wildman–Crippen LogP) is 4.29. The first-order chi connectivity index (χ1) is 12.0. The average Bonchev–Trinajstić information content (AvgIpc) is 2.59. The lowest BCUT2D eigenvalue weighted by Crippen LogP contribution is -2.08. The van der Waals surface area contributed by atoms with Crippen LogP contribution in [0.3, 0.4) is 0 Å². The molecule has 5 nitrogen and oxygen atoms in total. The van der Waals surface area contributed by atoms with Crippen molar-refractivity contribution in [3.63, 3.8) is 0 Å². The van der Waals surface area contributed by atoms with Gasteiger partial charge in [0, 0.05) is 6.92 Å². The van der Waals surface area contributed by atoms with E-state index in [2.05, 4.69) is 6.92 Å². The Kier molecular flexibility index (Phi) is 6.39. The molecule has 0 aliphatic rings. The van der Waals surface area contributed by atoms with Gasteiger partial charge in [-0.15, -0.1) is 0 Å². The standard InChI is InChI=1S/C20H24O5/c1-5-7-8-14-9-12-17(25-13(3)21)18-15(14)10-11-16(19(18)23-4)20(22)24-6-2/h9-12H,5-8H2,1-4H3. The molecule has 0 aliphatic carbocycles. The fourth-order valence-corrected chi connectivity index (χ4v) is 2.85. The normalized spacial score (nSPS) is 10.6. The number of hydrogen-bond donors (Lipinski definition) is 0. The minimum Gasteiger partial charge on any atom is -0.495 e. The summed E-state index contributed by atoms with van der Waals surface area (Å²) in [5.41, 5.74) is 1.44. The molecule has 5 heteroatoms. The maximum atomic E-state index is 12.2. The molecule has 0 heterocycles. The van der Waals surface area contributed by atoms with Crippen molar-refractivity contribution >= 4 is 22.7 Å². The maximum absolute atomic E-state index is 12.2. The number of ether oxygens (including phenoxy) is 3. The number of carbonyl (C=O) groups is 2. The largest absolute Gasteiger partial charge is 0.495 e. The molecule has 0 saturated carbocycles. The van der Waals surface area contributed by atoms with Crippen LogP contribution in [0.5, 0.6) is 11.5 Å². The zero-order valence-electron chi connectivity index (χ0n) is 15.2. The van der Waals surface area contributed by atoms with Crippen molar-refractivity contribution in [1.29, 1.82) is 0 Å². The molecule has 2 aromatic carbocycles. The minimum absolute atomic E-state index is 0.271. The number of unbranched alkanes of at least 4 members (excludes halogenated alkanes) is 1. The van der Waals surface area contributed by atoms with Gasteiger partial charge < -0.3 is 14.2 Å². The summed E-state index contributed by atoms with van der Waals surface area (Å²) in [7, 11) is 1.49. The number of rotatable bonds is 7. The Hall–Kier alpha value is -2.56. The Bertz CT molecular complexity index is 779. The molecule has 134 valence electrons. The second kappa shape index (κ2) is 8.51. The summed E-state index contributed by atoms with van der Waals surface area (Å²) >= 11 is 0. The van der Waals surface area contributed by atoms with Crippen LogP contribution in [0.25, 0.3) is 10.8 Å². The van der Waals surface area contributed by atoms with Crippen molar-refractivity contribution in [3.05, 3.63) is 35.4 Å². The average molecular weight is 344 g/mol. The van der Waals surface area contributed by atoms with Crippen molar-refractivity contribution in [2.24, 2.45) is 0 Å². The van der Waals surface area contributed by atoms with Gasteiger partial charge in [-0.2, -0.15) is 0 Å². The molecule has 0 amide bonds. The molecule has 0 unspecified atom stereocenters. The number of benzene rings is 2. The van der Waals surface area contributed by atoms with E-state index in [1.807, 2.05) is 12.1 Å². The lowest BCUT2D eigenvalue weighted by molar-refractivity contribution is -0.131. The number of aryl methyl sites for hydroxylation is 1. The molecule has 0 saturated heterocycles. The van der Waals surface area contributed by atoms with Crippen LogP contribution in [0, 0.1) is 0 Å². The summed E-state index contributed by atoms with van der Waals surface area (Å²) in [6, 6.07) is 7.28. The minimum atomic E-state index is -0.464. The van der Waals surface area contributed by atoms with Gasteiger partial charge in [0.15, 0.2) is 0 Å². The van der Waals surface area contributed by atoms with Gasteiger partial charge in [-0.25, -0.2) is 4.79 Å². The van der Waals surface area contributed by atoms with Crippen LogP contribution in [0.15, 0.2) is 24.3 Å². The highest BCUT2D eigenvalue weighted by molar-refractivity contribution is 6.05. The van der Waals surface area contributed by atoms with E-state index in [1.165, 1.54) is 14.0 Å². The molecule has 25 heavy (non-hydrogen) atoms. The van der Waals surface area contributed by atoms with Crippen molar-refractivity contribution in [2.45, 2.75) is 40.0 Å². The van der Waals surface area contributed by atoms with Gasteiger partial charge in [0.05, 0.1) is 19.1 Å². The van der Waals surface area contributed by atoms with E-state index in [9.17, 15) is 9.59 Å². The number of esters is 2. The molecule has 0 atom stereocenters. The van der Waals surface area contributed by atoms with E-state index in [0.717, 1.165) is 30.2 Å². The lowest BCUT2D eigenvalue weighted by Gasteiger charge is -2.16. The fourth-order valence-electron chi connectivity index (χ4n) is 2.85. The lowest BCUT2D eigenvalue weighted by atomic mass is 9.96. The molecule has 2 rings (SSSR count). The fraction of sp³-hybridized carbons (Fsp3) is 0.400. The zero-order valence-corrected chi connectivity index (χ0v) is 15.2. The number of fused-ring (bicyclic) bond motifs is 1. The van der Waals surface area contributed by atoms with Gasteiger partial charge in [0.2, 0.25) is 0 Å². The highest BCUT2D eigenvalue weighted by Crippen LogP contribution is 2.39. The highest BCUT2D eigenvalue weighted by atomic mass is 16.5. The van der Waals surface area contributed by atoms with E-state index >= 15 is 0 Å². The molecule has 0 bridgehead atoms. The Morgan fingerprint density at radius 1 is 1.08 bits per heavy atom. The van der Waals surface area contributed by atoms with E-state index in [1.54, 1.807) is 19.1 Å². The third-order valence-corrected chi connectivity index (χ3v) is 3.94. The second-order valence-corrected chi connectivity index (χ2v) is 5.71. The topological polar surface area (TPSA) is 61.8 Å². The predicted molar refractivity (Wildman–Crippen MR) is 96.4 cm³/mol.